The zero-order valence-electron chi connectivity index (χ0n) is 27.1. The largest absolute Gasteiger partial charge is 0.493 e. The number of esters is 1. The van der Waals surface area contributed by atoms with Crippen molar-refractivity contribution in [3.05, 3.63) is 75.7 Å². The number of nitro benzene ring substituents is 1. The summed E-state index contributed by atoms with van der Waals surface area (Å²) >= 11 is 0. The quantitative estimate of drug-likeness (QED) is 0.0563. The molecule has 0 bridgehead atoms. The highest BCUT2D eigenvalue weighted by atomic mass is 16.6. The molecule has 45 heavy (non-hydrogen) atoms. The lowest BCUT2D eigenvalue weighted by Crippen LogP contribution is -2.30. The molecule has 1 amide bonds. The Kier molecular flexibility index (Phi) is 14.6. The van der Waals surface area contributed by atoms with E-state index in [4.69, 9.17) is 9.47 Å². The van der Waals surface area contributed by atoms with Crippen molar-refractivity contribution in [3.63, 3.8) is 0 Å². The first-order valence-electron chi connectivity index (χ1n) is 16.3. The van der Waals surface area contributed by atoms with Gasteiger partial charge in [0, 0.05) is 30.5 Å². The van der Waals surface area contributed by atoms with Crippen LogP contribution >= 0.6 is 0 Å². The van der Waals surface area contributed by atoms with E-state index >= 15 is 0 Å². The van der Waals surface area contributed by atoms with Gasteiger partial charge in [-0.3, -0.25) is 14.9 Å². The van der Waals surface area contributed by atoms with Gasteiger partial charge in [-0.1, -0.05) is 65.9 Å². The van der Waals surface area contributed by atoms with Crippen LogP contribution in [0.15, 0.2) is 48.7 Å². The Balaban J connectivity index is 1.90. The van der Waals surface area contributed by atoms with E-state index in [1.807, 2.05) is 13.0 Å². The van der Waals surface area contributed by atoms with Crippen molar-refractivity contribution in [2.45, 2.75) is 97.9 Å². The molecule has 0 radical (unpaired) electrons. The van der Waals surface area contributed by atoms with E-state index in [1.165, 1.54) is 12.1 Å². The molecule has 0 aliphatic rings. The lowest BCUT2D eigenvalue weighted by Gasteiger charge is -2.21. The van der Waals surface area contributed by atoms with E-state index in [9.17, 15) is 19.7 Å². The number of nitro groups is 1. The summed E-state index contributed by atoms with van der Waals surface area (Å²) in [7, 11) is 0. The van der Waals surface area contributed by atoms with Crippen molar-refractivity contribution in [3.8, 4) is 17.0 Å². The first-order valence-corrected chi connectivity index (χ1v) is 16.3. The summed E-state index contributed by atoms with van der Waals surface area (Å²) in [5, 5.41) is 14.3. The molecule has 10 nitrogen and oxygen atoms in total. The van der Waals surface area contributed by atoms with Gasteiger partial charge in [0.2, 0.25) is 5.91 Å². The number of rotatable bonds is 20. The molecule has 0 aliphatic heterocycles. The number of carbonyl (C=O) groups is 2. The number of imidazole rings is 1. The number of nitrogens with one attached hydrogen (secondary N) is 2. The molecule has 0 aliphatic carbocycles. The number of unbranched alkanes of at least 4 members (excludes halogenated alkanes) is 2. The zero-order chi connectivity index (χ0) is 32.6. The van der Waals surface area contributed by atoms with Crippen molar-refractivity contribution < 1.29 is 24.0 Å². The fourth-order valence-corrected chi connectivity index (χ4v) is 5.15. The van der Waals surface area contributed by atoms with Crippen molar-refractivity contribution in [2.75, 3.05) is 13.2 Å². The average Bonchev–Trinajstić information content (AvgIpc) is 3.51. The van der Waals surface area contributed by atoms with Gasteiger partial charge in [0.15, 0.2) is 0 Å². The van der Waals surface area contributed by atoms with Crippen molar-refractivity contribution >= 4 is 17.6 Å². The number of non-ortho nitro benzene ring substituents is 1. The molecule has 3 aromatic rings. The maximum absolute atomic E-state index is 13.3. The van der Waals surface area contributed by atoms with Gasteiger partial charge in [0.1, 0.15) is 17.1 Å². The molecule has 3 rings (SSSR count). The monoisotopic (exact) mass is 620 g/mol. The molecule has 10 heteroatoms. The van der Waals surface area contributed by atoms with Gasteiger partial charge in [0.05, 0.1) is 36.1 Å². The van der Waals surface area contributed by atoms with Crippen LogP contribution in [-0.4, -0.2) is 40.0 Å². The molecule has 1 aromatic heterocycles. The third-order valence-corrected chi connectivity index (χ3v) is 7.92. The standard InChI is InChI=1S/C35H48N4O6/c1-5-9-20-44-32-18-15-27(22-29(32)35(41)45-21-10-6-2)30(38-34(40)19-12-25(8-4)11-7-3)23-33-36-24-31(37-33)26-13-16-28(17-14-26)39(42)43/h13-18,22,24-25,30H,5-12,19-21,23H2,1-4H3,(H,36,37)(H,38,40). The van der Waals surface area contributed by atoms with E-state index in [1.54, 1.807) is 30.5 Å². The normalized spacial score (nSPS) is 12.4. The van der Waals surface area contributed by atoms with Crippen molar-refractivity contribution in [1.82, 2.24) is 15.3 Å². The maximum Gasteiger partial charge on any atom is 0.341 e. The summed E-state index contributed by atoms with van der Waals surface area (Å²) in [6.45, 7) is 9.24. The Hall–Kier alpha value is -4.21. The highest BCUT2D eigenvalue weighted by Gasteiger charge is 2.23. The summed E-state index contributed by atoms with van der Waals surface area (Å²) in [4.78, 5) is 44.9. The number of benzene rings is 2. The first-order chi connectivity index (χ1) is 21.8. The Morgan fingerprint density at radius 3 is 2.38 bits per heavy atom. The summed E-state index contributed by atoms with van der Waals surface area (Å²) in [5.74, 6) is 1.07. The minimum absolute atomic E-state index is 0.0108. The molecule has 2 N–H and O–H groups in total. The SMILES string of the molecule is CCCCOC(=O)c1cc(C(Cc2ncc(-c3ccc([N+](=O)[O-])cc3)[nH]2)NC(=O)CCC(CC)CCC)ccc1OCCCC. The number of hydrogen-bond donors (Lipinski definition) is 2. The molecule has 244 valence electrons. The molecule has 0 saturated carbocycles. The highest BCUT2D eigenvalue weighted by Crippen LogP contribution is 2.28. The van der Waals surface area contributed by atoms with Crippen molar-refractivity contribution in [1.29, 1.82) is 0 Å². The molecular formula is C35H48N4O6. The molecule has 0 saturated heterocycles. The third-order valence-electron chi connectivity index (χ3n) is 7.92. The van der Waals surface area contributed by atoms with Crippen LogP contribution in [0.2, 0.25) is 0 Å². The van der Waals surface area contributed by atoms with Gasteiger partial charge in [-0.15, -0.1) is 0 Å². The van der Waals surface area contributed by atoms with Crippen LogP contribution in [0.3, 0.4) is 0 Å². The molecular weight excluding hydrogens is 572 g/mol. The Labute approximate surface area is 266 Å². The summed E-state index contributed by atoms with van der Waals surface area (Å²) in [6.07, 6.45) is 9.94. The van der Waals surface area contributed by atoms with Gasteiger partial charge >= 0.3 is 5.97 Å². The summed E-state index contributed by atoms with van der Waals surface area (Å²) in [5.41, 5.74) is 2.54. The van der Waals surface area contributed by atoms with Gasteiger partial charge in [-0.2, -0.15) is 0 Å². The molecule has 0 spiro atoms. The summed E-state index contributed by atoms with van der Waals surface area (Å²) < 4.78 is 11.5. The van der Waals surface area contributed by atoms with Gasteiger partial charge in [-0.05, 0) is 55.0 Å². The average molecular weight is 621 g/mol. The molecule has 2 aromatic carbocycles. The molecule has 2 atom stereocenters. The number of carbonyl (C=O) groups excluding carboxylic acids is 2. The fourth-order valence-electron chi connectivity index (χ4n) is 5.15. The number of hydrogen-bond acceptors (Lipinski definition) is 7. The Bertz CT molecular complexity index is 1370. The van der Waals surface area contributed by atoms with Crippen LogP contribution < -0.4 is 10.1 Å². The van der Waals surface area contributed by atoms with Gasteiger partial charge in [-0.25, -0.2) is 9.78 Å². The van der Waals surface area contributed by atoms with Crippen LogP contribution in [0.1, 0.15) is 113 Å². The fraction of sp³-hybridized carbons (Fsp3) is 0.514. The minimum atomic E-state index is -0.480. The second-order valence-electron chi connectivity index (χ2n) is 11.4. The van der Waals surface area contributed by atoms with Crippen LogP contribution in [-0.2, 0) is 16.0 Å². The van der Waals surface area contributed by atoms with E-state index in [0.29, 0.717) is 54.8 Å². The molecule has 2 unspecified atom stereocenters. The van der Waals surface area contributed by atoms with E-state index < -0.39 is 16.9 Å². The van der Waals surface area contributed by atoms with Crippen LogP contribution in [0.4, 0.5) is 5.69 Å². The topological polar surface area (TPSA) is 136 Å². The number of ether oxygens (including phenoxy) is 2. The van der Waals surface area contributed by atoms with Crippen molar-refractivity contribution in [2.24, 2.45) is 5.92 Å². The number of aromatic nitrogens is 2. The van der Waals surface area contributed by atoms with Gasteiger partial charge in [0.25, 0.3) is 5.69 Å². The van der Waals surface area contributed by atoms with E-state index in [-0.39, 0.29) is 11.6 Å². The van der Waals surface area contributed by atoms with Gasteiger partial charge < -0.3 is 19.8 Å². The van der Waals surface area contributed by atoms with E-state index in [0.717, 1.165) is 62.5 Å². The zero-order valence-corrected chi connectivity index (χ0v) is 27.1. The lowest BCUT2D eigenvalue weighted by atomic mass is 9.95. The Morgan fingerprint density at radius 2 is 1.71 bits per heavy atom. The highest BCUT2D eigenvalue weighted by molar-refractivity contribution is 5.93. The molecule has 0 fully saturated rings. The second-order valence-corrected chi connectivity index (χ2v) is 11.4. The first kappa shape index (κ1) is 35.3. The summed E-state index contributed by atoms with van der Waals surface area (Å²) in [6, 6.07) is 11.2. The third kappa shape index (κ3) is 11.0. The lowest BCUT2D eigenvalue weighted by molar-refractivity contribution is -0.384. The smallest absolute Gasteiger partial charge is 0.341 e. The number of amides is 1. The van der Waals surface area contributed by atoms with Crippen LogP contribution in [0.25, 0.3) is 11.3 Å². The van der Waals surface area contributed by atoms with Crippen LogP contribution in [0.5, 0.6) is 5.75 Å². The maximum atomic E-state index is 13.3. The number of H-pyrrole nitrogens is 1. The number of aromatic amines is 1. The Morgan fingerprint density at radius 1 is 0.978 bits per heavy atom. The minimum Gasteiger partial charge on any atom is -0.493 e. The van der Waals surface area contributed by atoms with Crippen LogP contribution in [0, 0.1) is 16.0 Å². The molecule has 1 heterocycles. The number of nitrogens with zero attached hydrogens (tertiary/aromatic N) is 2. The van der Waals surface area contributed by atoms with E-state index in [2.05, 4.69) is 36.1 Å². The predicted molar refractivity (Wildman–Crippen MR) is 175 cm³/mol. The predicted octanol–water partition coefficient (Wildman–Crippen LogP) is 8.13. The second kappa shape index (κ2) is 18.6.